The van der Waals surface area contributed by atoms with Crippen molar-refractivity contribution in [3.05, 3.63) is 64.2 Å². The number of esters is 1. The predicted molar refractivity (Wildman–Crippen MR) is 105 cm³/mol. The van der Waals surface area contributed by atoms with Crippen LogP contribution in [0.15, 0.2) is 36.4 Å². The molecule has 0 bridgehead atoms. The van der Waals surface area contributed by atoms with Gasteiger partial charge in [0, 0.05) is 16.7 Å². The number of benzene rings is 2. The molecule has 0 atom stereocenters. The van der Waals surface area contributed by atoms with Gasteiger partial charge in [0.25, 0.3) is 0 Å². The molecule has 0 unspecified atom stereocenters. The van der Waals surface area contributed by atoms with E-state index in [9.17, 15) is 9.90 Å². The lowest BCUT2D eigenvalue weighted by molar-refractivity contribution is 0.0717. The fourth-order valence-electron chi connectivity index (χ4n) is 3.23. The second kappa shape index (κ2) is 6.01. The first-order chi connectivity index (χ1) is 12.0. The molecule has 2 aromatic carbocycles. The summed E-state index contributed by atoms with van der Waals surface area (Å²) in [4.78, 5) is 12.1. The van der Waals surface area contributed by atoms with E-state index in [0.717, 1.165) is 22.3 Å². The predicted octanol–water partition coefficient (Wildman–Crippen LogP) is 5.66. The van der Waals surface area contributed by atoms with Gasteiger partial charge in [-0.3, -0.25) is 0 Å². The number of phenolic OH excluding ortho intramolecular Hbond substituents is 1. The van der Waals surface area contributed by atoms with E-state index in [4.69, 9.17) is 4.74 Å². The van der Waals surface area contributed by atoms with Crippen molar-refractivity contribution in [3.8, 4) is 5.75 Å². The largest absolute Gasteiger partial charge is 0.507 e. The first-order valence-electron chi connectivity index (χ1n) is 8.90. The fourth-order valence-corrected chi connectivity index (χ4v) is 3.23. The van der Waals surface area contributed by atoms with E-state index in [1.54, 1.807) is 6.07 Å². The number of carbonyl (C=O) groups is 1. The molecular weight excluding hydrogens is 324 g/mol. The highest BCUT2D eigenvalue weighted by molar-refractivity contribution is 6.05. The van der Waals surface area contributed by atoms with Crippen LogP contribution in [0.5, 0.6) is 5.75 Å². The molecule has 3 heteroatoms. The third-order valence-corrected chi connectivity index (χ3v) is 4.66. The highest BCUT2D eigenvalue weighted by Gasteiger charge is 2.28. The number of rotatable bonds is 1. The van der Waals surface area contributed by atoms with Crippen LogP contribution in [-0.4, -0.2) is 11.1 Å². The Labute approximate surface area is 155 Å². The van der Waals surface area contributed by atoms with Gasteiger partial charge in [-0.1, -0.05) is 59.7 Å². The van der Waals surface area contributed by atoms with Crippen LogP contribution in [0.2, 0.25) is 0 Å². The monoisotopic (exact) mass is 350 g/mol. The van der Waals surface area contributed by atoms with Crippen molar-refractivity contribution in [2.45, 2.75) is 52.4 Å². The SMILES string of the molecule is CC(C)(C)c1cc(/C=C2\OC(=O)c3ccccc32)cc(C(C)(C)C)c1O. The van der Waals surface area contributed by atoms with Crippen molar-refractivity contribution in [2.24, 2.45) is 0 Å². The van der Waals surface area contributed by atoms with Gasteiger partial charge in [-0.2, -0.15) is 0 Å². The van der Waals surface area contributed by atoms with Gasteiger partial charge in [0.1, 0.15) is 11.5 Å². The number of cyclic esters (lactones) is 1. The third-order valence-electron chi connectivity index (χ3n) is 4.66. The van der Waals surface area contributed by atoms with Crippen LogP contribution in [0.1, 0.15) is 74.2 Å². The van der Waals surface area contributed by atoms with Gasteiger partial charge >= 0.3 is 5.97 Å². The molecule has 1 N–H and O–H groups in total. The lowest BCUT2D eigenvalue weighted by Crippen LogP contribution is -2.17. The molecule has 0 saturated carbocycles. The van der Waals surface area contributed by atoms with Gasteiger partial charge in [-0.15, -0.1) is 0 Å². The number of phenols is 1. The van der Waals surface area contributed by atoms with E-state index in [1.807, 2.05) is 36.4 Å². The average molecular weight is 350 g/mol. The summed E-state index contributed by atoms with van der Waals surface area (Å²) in [5.74, 6) is 0.574. The van der Waals surface area contributed by atoms with E-state index in [1.165, 1.54) is 0 Å². The molecule has 1 aliphatic heterocycles. The van der Waals surface area contributed by atoms with E-state index < -0.39 is 0 Å². The minimum Gasteiger partial charge on any atom is -0.507 e. The summed E-state index contributed by atoms with van der Waals surface area (Å²) in [6.07, 6.45) is 1.88. The maximum atomic E-state index is 12.1. The summed E-state index contributed by atoms with van der Waals surface area (Å²) < 4.78 is 5.48. The highest BCUT2D eigenvalue weighted by Crippen LogP contribution is 2.41. The summed E-state index contributed by atoms with van der Waals surface area (Å²) in [6.45, 7) is 12.5. The average Bonchev–Trinajstić information content (AvgIpc) is 2.83. The van der Waals surface area contributed by atoms with Crippen LogP contribution in [0, 0.1) is 0 Å². The first kappa shape index (κ1) is 18.2. The Morgan fingerprint density at radius 3 is 1.88 bits per heavy atom. The molecule has 0 amide bonds. The van der Waals surface area contributed by atoms with Gasteiger partial charge in [-0.05, 0) is 40.7 Å². The summed E-state index contributed by atoms with van der Waals surface area (Å²) in [6, 6.07) is 11.3. The van der Waals surface area contributed by atoms with Crippen molar-refractivity contribution >= 4 is 17.8 Å². The molecule has 136 valence electrons. The second-order valence-corrected chi connectivity index (χ2v) is 8.91. The number of hydrogen-bond acceptors (Lipinski definition) is 3. The zero-order valence-corrected chi connectivity index (χ0v) is 16.3. The van der Waals surface area contributed by atoms with Crippen LogP contribution in [0.3, 0.4) is 0 Å². The zero-order chi connectivity index (χ0) is 19.3. The molecule has 0 saturated heterocycles. The highest BCUT2D eigenvalue weighted by atomic mass is 16.5. The lowest BCUT2D eigenvalue weighted by atomic mass is 9.78. The number of hydrogen-bond donors (Lipinski definition) is 1. The molecule has 0 aromatic heterocycles. The van der Waals surface area contributed by atoms with Gasteiger partial charge in [0.15, 0.2) is 0 Å². The Hall–Kier alpha value is -2.55. The van der Waals surface area contributed by atoms with Crippen LogP contribution < -0.4 is 0 Å². The smallest absolute Gasteiger partial charge is 0.344 e. The van der Waals surface area contributed by atoms with Crippen LogP contribution in [0.25, 0.3) is 11.8 Å². The van der Waals surface area contributed by atoms with Gasteiger partial charge in [-0.25, -0.2) is 4.79 Å². The van der Waals surface area contributed by atoms with Crippen molar-refractivity contribution < 1.29 is 14.6 Å². The normalized spacial score (nSPS) is 15.9. The molecule has 3 nitrogen and oxygen atoms in total. The maximum absolute atomic E-state index is 12.1. The molecule has 0 radical (unpaired) electrons. The number of carbonyl (C=O) groups excluding carboxylic acids is 1. The van der Waals surface area contributed by atoms with E-state index in [-0.39, 0.29) is 16.8 Å². The van der Waals surface area contributed by atoms with E-state index in [0.29, 0.717) is 17.1 Å². The van der Waals surface area contributed by atoms with E-state index >= 15 is 0 Å². The summed E-state index contributed by atoms with van der Waals surface area (Å²) in [5, 5.41) is 10.8. The minimum atomic E-state index is -0.322. The molecule has 2 aromatic rings. The Balaban J connectivity index is 2.19. The number of aromatic hydroxyl groups is 1. The minimum absolute atomic E-state index is 0.205. The zero-order valence-electron chi connectivity index (χ0n) is 16.3. The molecule has 0 spiro atoms. The molecule has 1 aliphatic rings. The molecule has 26 heavy (non-hydrogen) atoms. The molecule has 0 aliphatic carbocycles. The van der Waals surface area contributed by atoms with Crippen molar-refractivity contribution in [2.75, 3.05) is 0 Å². The van der Waals surface area contributed by atoms with E-state index in [2.05, 4.69) is 41.5 Å². The second-order valence-electron chi connectivity index (χ2n) is 8.91. The first-order valence-corrected chi connectivity index (χ1v) is 8.90. The van der Waals surface area contributed by atoms with Gasteiger partial charge < -0.3 is 9.84 Å². The molecule has 1 heterocycles. The van der Waals surface area contributed by atoms with Crippen molar-refractivity contribution in [1.29, 1.82) is 0 Å². The summed E-state index contributed by atoms with van der Waals surface area (Å²) >= 11 is 0. The van der Waals surface area contributed by atoms with Crippen LogP contribution in [-0.2, 0) is 15.6 Å². The van der Waals surface area contributed by atoms with Crippen molar-refractivity contribution in [1.82, 2.24) is 0 Å². The molecule has 3 rings (SSSR count). The topological polar surface area (TPSA) is 46.5 Å². The van der Waals surface area contributed by atoms with Crippen LogP contribution >= 0.6 is 0 Å². The third kappa shape index (κ3) is 3.26. The van der Waals surface area contributed by atoms with Crippen molar-refractivity contribution in [3.63, 3.8) is 0 Å². The quantitative estimate of drug-likeness (QED) is 0.675. The Kier molecular flexibility index (Phi) is 4.22. The Morgan fingerprint density at radius 2 is 1.38 bits per heavy atom. The summed E-state index contributed by atoms with van der Waals surface area (Å²) in [7, 11) is 0. The maximum Gasteiger partial charge on any atom is 0.344 e. The molecule has 0 fully saturated rings. The lowest BCUT2D eigenvalue weighted by Gasteiger charge is -2.28. The molecular formula is C23H26O3. The van der Waals surface area contributed by atoms with Crippen LogP contribution in [0.4, 0.5) is 0 Å². The number of fused-ring (bicyclic) bond motifs is 1. The summed E-state index contributed by atoms with van der Waals surface area (Å²) in [5.41, 5.74) is 3.66. The Bertz CT molecular complexity index is 871. The van der Waals surface area contributed by atoms with Gasteiger partial charge in [0.2, 0.25) is 0 Å². The standard InChI is InChI=1S/C23H26O3/c1-22(2,3)17-11-14(12-18(20(17)24)23(4,5)6)13-19-15-9-7-8-10-16(15)21(25)26-19/h7-13,24H,1-6H3/b19-13-. The van der Waals surface area contributed by atoms with Gasteiger partial charge in [0.05, 0.1) is 5.56 Å². The fraction of sp³-hybridized carbons (Fsp3) is 0.348. The number of ether oxygens (including phenoxy) is 1. The Morgan fingerprint density at radius 1 is 0.885 bits per heavy atom.